The van der Waals surface area contributed by atoms with Crippen molar-refractivity contribution in [1.29, 1.82) is 0 Å². The van der Waals surface area contributed by atoms with E-state index in [1.807, 2.05) is 13.8 Å². The number of ether oxygens (including phenoxy) is 15. The fourth-order valence-corrected chi connectivity index (χ4v) is 9.25. The molecular formula is C58H108N2O27. The molecule has 3 aliphatic rings. The SMILES string of the molecule is CC(C)CNC(COCCC(=O)CCCOCCOCCO[C@@H]1OC(CO)[C@H](O)C(O)[C@H]1C)(COCCC(=O)CCCOCCOCCO[C@@H]1OC(CO)[C@H](O)C(O)[C@H]1C)COCCC(=O)NCCOCCOCCO[C@@H]1OC(CO)[C@H](O)C(O)[C@H]1C. The average Bonchev–Trinajstić information content (AvgIpc) is 2.69. The molecule has 3 rings (SSSR count). The fourth-order valence-electron chi connectivity index (χ4n) is 9.25. The van der Waals surface area contributed by atoms with Gasteiger partial charge in [0.25, 0.3) is 0 Å². The Morgan fingerprint density at radius 1 is 0.414 bits per heavy atom. The van der Waals surface area contributed by atoms with Crippen molar-refractivity contribution in [3.8, 4) is 0 Å². The molecule has 3 heterocycles. The Kier molecular flexibility index (Phi) is 42.5. The van der Waals surface area contributed by atoms with Crippen LogP contribution < -0.4 is 10.6 Å². The molecule has 0 aromatic rings. The van der Waals surface area contributed by atoms with Crippen LogP contribution in [0.3, 0.4) is 0 Å². The van der Waals surface area contributed by atoms with Gasteiger partial charge < -0.3 is 128 Å². The van der Waals surface area contributed by atoms with Gasteiger partial charge >= 0.3 is 0 Å². The van der Waals surface area contributed by atoms with Crippen molar-refractivity contribution in [1.82, 2.24) is 10.6 Å². The fraction of sp³-hybridized carbons (Fsp3) is 0.948. The Hall–Kier alpha value is -2.19. The molecule has 0 saturated carbocycles. The van der Waals surface area contributed by atoms with Crippen LogP contribution in [0, 0.1) is 23.7 Å². The Labute approximate surface area is 512 Å². The van der Waals surface area contributed by atoms with Crippen molar-refractivity contribution in [2.75, 3.05) is 172 Å². The second-order valence-corrected chi connectivity index (χ2v) is 22.6. The maximum Gasteiger partial charge on any atom is 0.222 e. The van der Waals surface area contributed by atoms with E-state index in [1.54, 1.807) is 20.8 Å². The topological polar surface area (TPSA) is 396 Å². The summed E-state index contributed by atoms with van der Waals surface area (Å²) in [6, 6.07) is 0. The lowest BCUT2D eigenvalue weighted by atomic mass is 9.92. The van der Waals surface area contributed by atoms with Crippen LogP contribution in [-0.4, -0.2) is 314 Å². The first kappa shape index (κ1) is 79.0. The predicted molar refractivity (Wildman–Crippen MR) is 307 cm³/mol. The number of amides is 1. The number of nitrogens with one attached hydrogen (secondary N) is 2. The van der Waals surface area contributed by atoms with Gasteiger partial charge in [0, 0.05) is 69.6 Å². The highest BCUT2D eigenvalue weighted by Crippen LogP contribution is 2.29. The first-order valence-electron chi connectivity index (χ1n) is 30.8. The highest BCUT2D eigenvalue weighted by Gasteiger charge is 2.45. The van der Waals surface area contributed by atoms with Crippen LogP contribution in [0.4, 0.5) is 0 Å². The Bertz CT molecular complexity index is 1580. The Morgan fingerprint density at radius 2 is 0.736 bits per heavy atom. The largest absolute Gasteiger partial charge is 0.394 e. The van der Waals surface area contributed by atoms with Crippen molar-refractivity contribution in [3.63, 3.8) is 0 Å². The third-order valence-corrected chi connectivity index (χ3v) is 14.8. The first-order chi connectivity index (χ1) is 41.9. The van der Waals surface area contributed by atoms with E-state index in [0.717, 1.165) is 0 Å². The van der Waals surface area contributed by atoms with E-state index in [0.29, 0.717) is 59.0 Å². The average molecular weight is 1270 g/mol. The molecule has 1 amide bonds. The van der Waals surface area contributed by atoms with E-state index in [4.69, 9.17) is 71.1 Å². The summed E-state index contributed by atoms with van der Waals surface area (Å²) >= 11 is 0. The molecule has 87 heavy (non-hydrogen) atoms. The number of hydrogen-bond donors (Lipinski definition) is 11. The summed E-state index contributed by atoms with van der Waals surface area (Å²) in [4.78, 5) is 38.4. The van der Waals surface area contributed by atoms with Gasteiger partial charge in [-0.2, -0.15) is 0 Å². The summed E-state index contributed by atoms with van der Waals surface area (Å²) in [7, 11) is 0. The van der Waals surface area contributed by atoms with Crippen LogP contribution in [0.5, 0.6) is 0 Å². The summed E-state index contributed by atoms with van der Waals surface area (Å²) in [5, 5.41) is 95.2. The summed E-state index contributed by atoms with van der Waals surface area (Å²) in [6.07, 6.45) is -10.2. The number of carbonyl (C=O) groups excluding carboxylic acids is 3. The molecule has 29 nitrogen and oxygen atoms in total. The second kappa shape index (κ2) is 46.8. The lowest BCUT2D eigenvalue weighted by Gasteiger charge is -2.40. The van der Waals surface area contributed by atoms with Crippen molar-refractivity contribution in [2.24, 2.45) is 23.7 Å². The molecule has 29 heteroatoms. The van der Waals surface area contributed by atoms with Gasteiger partial charge in [0.2, 0.25) is 5.91 Å². The maximum absolute atomic E-state index is 12.9. The molecule has 3 saturated heterocycles. The minimum atomic E-state index is -1.21. The number of ketones is 2. The third kappa shape index (κ3) is 31.8. The van der Waals surface area contributed by atoms with E-state index in [9.17, 15) is 60.3 Å². The molecule has 512 valence electrons. The minimum absolute atomic E-state index is 0.00113. The monoisotopic (exact) mass is 1260 g/mol. The number of hydrogen-bond acceptors (Lipinski definition) is 28. The molecule has 0 aromatic carbocycles. The second-order valence-electron chi connectivity index (χ2n) is 22.6. The molecule has 11 N–H and O–H groups in total. The molecule has 0 bridgehead atoms. The molecule has 6 unspecified atom stereocenters. The summed E-state index contributed by atoms with van der Waals surface area (Å²) in [5.74, 6) is -1.53. The first-order valence-corrected chi connectivity index (χ1v) is 30.8. The van der Waals surface area contributed by atoms with Crippen LogP contribution in [0.1, 0.15) is 79.6 Å². The highest BCUT2D eigenvalue weighted by atomic mass is 16.7. The van der Waals surface area contributed by atoms with Gasteiger partial charge in [0.15, 0.2) is 18.9 Å². The standard InChI is InChI=1S/C58H108N2O27/c1-39(2)32-60-58(36-79-16-10-43(64)8-6-14-73-20-23-76-26-29-82-55-40(3)49(67)52(70)45(33-61)85-55,37-80-17-11-44(65)9-7-15-74-21-24-77-27-30-83-56-41(4)50(68)53(71)46(34-62)86-56)38-81-18-12-48(66)59-13-19-75-22-25-78-28-31-84-57-42(5)51(69)54(72)47(35-63)87-57/h39-42,45-47,49-57,60-63,67-72H,6-38H2,1-5H3,(H,59,66)/t40-,41-,42-,45?,46?,47?,49?,50?,51?,52+,53+,54+,55-,56-,57-,58?/m1/s1. The smallest absolute Gasteiger partial charge is 0.222 e. The van der Waals surface area contributed by atoms with Gasteiger partial charge in [0.05, 0.1) is 169 Å². The predicted octanol–water partition coefficient (Wildman–Crippen LogP) is -2.62. The third-order valence-electron chi connectivity index (χ3n) is 14.8. The molecule has 3 aliphatic heterocycles. The number of aliphatic hydroxyl groups is 9. The maximum atomic E-state index is 12.9. The van der Waals surface area contributed by atoms with Crippen molar-refractivity contribution >= 4 is 17.5 Å². The lowest BCUT2D eigenvalue weighted by molar-refractivity contribution is -0.284. The molecule has 0 radical (unpaired) electrons. The number of aliphatic hydroxyl groups excluding tert-OH is 9. The van der Waals surface area contributed by atoms with Crippen LogP contribution in [0.25, 0.3) is 0 Å². The van der Waals surface area contributed by atoms with Crippen LogP contribution in [0.2, 0.25) is 0 Å². The molecular weight excluding hydrogens is 1160 g/mol. The van der Waals surface area contributed by atoms with Crippen molar-refractivity contribution < 1.29 is 131 Å². The normalized spacial score (nSPS) is 28.5. The number of carbonyl (C=O) groups is 3. The van der Waals surface area contributed by atoms with Gasteiger partial charge in [-0.05, 0) is 25.3 Å². The molecule has 3 fully saturated rings. The van der Waals surface area contributed by atoms with Gasteiger partial charge in [-0.1, -0.05) is 34.6 Å². The summed E-state index contributed by atoms with van der Waals surface area (Å²) in [5.41, 5.74) is -0.899. The van der Waals surface area contributed by atoms with E-state index < -0.39 is 117 Å². The zero-order chi connectivity index (χ0) is 63.8. The molecule has 0 aromatic heterocycles. The number of Topliss-reactive ketones (excluding diaryl/α,β-unsaturated/α-hetero) is 2. The van der Waals surface area contributed by atoms with E-state index in [1.165, 1.54) is 0 Å². The lowest BCUT2D eigenvalue weighted by Crippen LogP contribution is -2.57. The molecule has 0 spiro atoms. The van der Waals surface area contributed by atoms with Crippen LogP contribution in [0.15, 0.2) is 0 Å². The van der Waals surface area contributed by atoms with E-state index >= 15 is 0 Å². The Morgan fingerprint density at radius 3 is 1.08 bits per heavy atom. The van der Waals surface area contributed by atoms with Gasteiger partial charge in [0.1, 0.15) is 48.2 Å². The van der Waals surface area contributed by atoms with Gasteiger partial charge in [-0.15, -0.1) is 0 Å². The zero-order valence-corrected chi connectivity index (χ0v) is 51.9. The molecule has 0 aliphatic carbocycles. The minimum Gasteiger partial charge on any atom is -0.394 e. The summed E-state index contributed by atoms with van der Waals surface area (Å²) in [6.45, 7) is 13.1. The van der Waals surface area contributed by atoms with Crippen molar-refractivity contribution in [3.05, 3.63) is 0 Å². The van der Waals surface area contributed by atoms with Crippen LogP contribution in [-0.2, 0) is 85.4 Å². The summed E-state index contributed by atoms with van der Waals surface area (Å²) < 4.78 is 85.4. The number of rotatable bonds is 53. The molecule has 15 atom stereocenters. The Balaban J connectivity index is 1.35. The zero-order valence-electron chi connectivity index (χ0n) is 51.9. The van der Waals surface area contributed by atoms with Gasteiger partial charge in [-0.25, -0.2) is 0 Å². The van der Waals surface area contributed by atoms with E-state index in [-0.39, 0.29) is 161 Å². The van der Waals surface area contributed by atoms with Crippen LogP contribution >= 0.6 is 0 Å². The van der Waals surface area contributed by atoms with E-state index in [2.05, 4.69) is 10.6 Å². The van der Waals surface area contributed by atoms with Crippen molar-refractivity contribution in [2.45, 2.75) is 159 Å². The van der Waals surface area contributed by atoms with Gasteiger partial charge in [-0.3, -0.25) is 14.4 Å². The quantitative estimate of drug-likeness (QED) is 0.0278. The highest BCUT2D eigenvalue weighted by molar-refractivity contribution is 5.78.